The maximum absolute atomic E-state index is 11.9. The maximum Gasteiger partial charge on any atom is 0.213 e. The van der Waals surface area contributed by atoms with Crippen LogP contribution in [-0.4, -0.2) is 47.8 Å². The number of aromatic nitrogens is 2. The van der Waals surface area contributed by atoms with Crippen LogP contribution in [0.5, 0.6) is 0 Å². The minimum atomic E-state index is -3.07. The third kappa shape index (κ3) is 3.71. The third-order valence-electron chi connectivity index (χ3n) is 4.50. The summed E-state index contributed by atoms with van der Waals surface area (Å²) in [5.74, 6) is 1.82. The van der Waals surface area contributed by atoms with Gasteiger partial charge in [0, 0.05) is 31.2 Å². The first-order valence-electron chi connectivity index (χ1n) is 8.30. The molecule has 0 radical (unpaired) electrons. The van der Waals surface area contributed by atoms with E-state index in [0.717, 1.165) is 35.6 Å². The van der Waals surface area contributed by atoms with Gasteiger partial charge in [-0.2, -0.15) is 5.10 Å². The van der Waals surface area contributed by atoms with Crippen molar-refractivity contribution >= 4 is 10.0 Å². The standard InChI is InChI=1S/C16H24N4O3S/c1-3-24(21,22)20-8-6-14(7-9-20)17-10-13-11-18-19-16(13)15-5-4-12(2)23-15/h4-5,11,14,17H,3,6-10H2,1-2H3,(H,18,19). The van der Waals surface area contributed by atoms with Crippen LogP contribution in [0.3, 0.4) is 0 Å². The van der Waals surface area contributed by atoms with E-state index in [9.17, 15) is 8.42 Å². The van der Waals surface area contributed by atoms with Crippen molar-refractivity contribution in [2.24, 2.45) is 0 Å². The van der Waals surface area contributed by atoms with E-state index >= 15 is 0 Å². The first kappa shape index (κ1) is 17.2. The lowest BCUT2D eigenvalue weighted by atomic mass is 10.1. The summed E-state index contributed by atoms with van der Waals surface area (Å²) in [7, 11) is -3.07. The van der Waals surface area contributed by atoms with Crippen LogP contribution in [0.2, 0.25) is 0 Å². The monoisotopic (exact) mass is 352 g/mol. The van der Waals surface area contributed by atoms with Crippen LogP contribution in [0.15, 0.2) is 22.7 Å². The van der Waals surface area contributed by atoms with Crippen molar-refractivity contribution < 1.29 is 12.8 Å². The number of piperidine rings is 1. The molecule has 3 heterocycles. The number of rotatable bonds is 6. The minimum absolute atomic E-state index is 0.173. The lowest BCUT2D eigenvalue weighted by Gasteiger charge is -2.31. The number of nitrogens with one attached hydrogen (secondary N) is 2. The van der Waals surface area contributed by atoms with E-state index in [4.69, 9.17) is 4.42 Å². The van der Waals surface area contributed by atoms with Crippen molar-refractivity contribution in [3.05, 3.63) is 29.7 Å². The fraction of sp³-hybridized carbons (Fsp3) is 0.562. The Morgan fingerprint density at radius 3 is 2.75 bits per heavy atom. The van der Waals surface area contributed by atoms with Crippen LogP contribution in [0.4, 0.5) is 0 Å². The Morgan fingerprint density at radius 2 is 2.12 bits per heavy atom. The van der Waals surface area contributed by atoms with Gasteiger partial charge in [0.25, 0.3) is 0 Å². The topological polar surface area (TPSA) is 91.2 Å². The highest BCUT2D eigenvalue weighted by Gasteiger charge is 2.26. The zero-order valence-electron chi connectivity index (χ0n) is 14.1. The van der Waals surface area contributed by atoms with Crippen molar-refractivity contribution in [3.8, 4) is 11.5 Å². The molecule has 132 valence electrons. The summed E-state index contributed by atoms with van der Waals surface area (Å²) >= 11 is 0. The van der Waals surface area contributed by atoms with Gasteiger partial charge in [0.15, 0.2) is 5.76 Å². The molecule has 8 heteroatoms. The van der Waals surface area contributed by atoms with E-state index in [0.29, 0.717) is 25.7 Å². The molecule has 0 unspecified atom stereocenters. The molecule has 0 saturated carbocycles. The largest absolute Gasteiger partial charge is 0.460 e. The van der Waals surface area contributed by atoms with Crippen LogP contribution >= 0.6 is 0 Å². The van der Waals surface area contributed by atoms with E-state index in [2.05, 4.69) is 15.5 Å². The van der Waals surface area contributed by atoms with Gasteiger partial charge in [-0.1, -0.05) is 0 Å². The van der Waals surface area contributed by atoms with E-state index < -0.39 is 10.0 Å². The van der Waals surface area contributed by atoms with Gasteiger partial charge in [0.05, 0.1) is 11.9 Å². The van der Waals surface area contributed by atoms with Gasteiger partial charge in [-0.05, 0) is 38.8 Å². The molecule has 7 nitrogen and oxygen atoms in total. The summed E-state index contributed by atoms with van der Waals surface area (Å²) in [5.41, 5.74) is 1.94. The first-order valence-corrected chi connectivity index (χ1v) is 9.91. The minimum Gasteiger partial charge on any atom is -0.460 e. The van der Waals surface area contributed by atoms with E-state index in [-0.39, 0.29) is 5.75 Å². The quantitative estimate of drug-likeness (QED) is 0.828. The normalized spacial score (nSPS) is 17.4. The molecule has 0 spiro atoms. The molecule has 2 aromatic rings. The lowest BCUT2D eigenvalue weighted by molar-refractivity contribution is 0.289. The molecule has 1 saturated heterocycles. The molecule has 0 amide bonds. The van der Waals surface area contributed by atoms with Gasteiger partial charge in [0.2, 0.25) is 10.0 Å². The third-order valence-corrected chi connectivity index (χ3v) is 6.38. The Bertz CT molecular complexity index is 773. The zero-order chi connectivity index (χ0) is 17.2. The number of hydrogen-bond acceptors (Lipinski definition) is 5. The number of sulfonamides is 1. The number of nitrogens with zero attached hydrogens (tertiary/aromatic N) is 2. The summed E-state index contributed by atoms with van der Waals surface area (Å²) in [6.07, 6.45) is 3.45. The first-order chi connectivity index (χ1) is 11.5. The molecule has 0 atom stereocenters. The second-order valence-electron chi connectivity index (χ2n) is 6.14. The van der Waals surface area contributed by atoms with Gasteiger partial charge in [-0.15, -0.1) is 0 Å². The Kier molecular flexibility index (Phi) is 5.07. The summed E-state index contributed by atoms with van der Waals surface area (Å²) in [6.45, 7) is 5.45. The molecule has 0 bridgehead atoms. The average Bonchev–Trinajstić information content (AvgIpc) is 3.21. The Balaban J connectivity index is 1.56. The van der Waals surface area contributed by atoms with E-state index in [1.807, 2.05) is 19.1 Å². The fourth-order valence-corrected chi connectivity index (χ4v) is 4.13. The van der Waals surface area contributed by atoms with E-state index in [1.54, 1.807) is 17.4 Å². The SMILES string of the molecule is CCS(=O)(=O)N1CCC(NCc2cn[nH]c2-c2ccc(C)o2)CC1. The predicted molar refractivity (Wildman–Crippen MR) is 91.9 cm³/mol. The number of H-pyrrole nitrogens is 1. The highest BCUT2D eigenvalue weighted by molar-refractivity contribution is 7.89. The van der Waals surface area contributed by atoms with Crippen molar-refractivity contribution in [3.63, 3.8) is 0 Å². The van der Waals surface area contributed by atoms with Crippen LogP contribution in [0.1, 0.15) is 31.1 Å². The van der Waals surface area contributed by atoms with Crippen LogP contribution in [-0.2, 0) is 16.6 Å². The highest BCUT2D eigenvalue weighted by atomic mass is 32.2. The number of aromatic amines is 1. The van der Waals surface area contributed by atoms with Crippen LogP contribution < -0.4 is 5.32 Å². The molecule has 1 fully saturated rings. The molecule has 2 aromatic heterocycles. The summed E-state index contributed by atoms with van der Waals surface area (Å²) in [6, 6.07) is 4.17. The molecule has 0 aliphatic carbocycles. The molecule has 24 heavy (non-hydrogen) atoms. The highest BCUT2D eigenvalue weighted by Crippen LogP contribution is 2.23. The number of furan rings is 1. The molecular weight excluding hydrogens is 328 g/mol. The second-order valence-corrected chi connectivity index (χ2v) is 8.39. The average molecular weight is 352 g/mol. The van der Waals surface area contributed by atoms with Gasteiger partial charge in [0.1, 0.15) is 11.5 Å². The lowest BCUT2D eigenvalue weighted by Crippen LogP contribution is -2.45. The predicted octanol–water partition coefficient (Wildman–Crippen LogP) is 1.88. The molecule has 3 rings (SSSR count). The number of aryl methyl sites for hydroxylation is 1. The van der Waals surface area contributed by atoms with Crippen molar-refractivity contribution in [2.75, 3.05) is 18.8 Å². The van der Waals surface area contributed by atoms with Crippen molar-refractivity contribution in [1.29, 1.82) is 0 Å². The summed E-state index contributed by atoms with van der Waals surface area (Å²) < 4.78 is 31.0. The molecule has 1 aliphatic heterocycles. The Hall–Kier alpha value is -1.64. The van der Waals surface area contributed by atoms with Gasteiger partial charge in [-0.3, -0.25) is 5.10 Å². The van der Waals surface area contributed by atoms with Crippen LogP contribution in [0, 0.1) is 6.92 Å². The van der Waals surface area contributed by atoms with Gasteiger partial charge >= 0.3 is 0 Å². The molecular formula is C16H24N4O3S. The second kappa shape index (κ2) is 7.08. The fourth-order valence-electron chi connectivity index (χ4n) is 3.00. The van der Waals surface area contributed by atoms with Crippen molar-refractivity contribution in [1.82, 2.24) is 19.8 Å². The smallest absolute Gasteiger partial charge is 0.213 e. The van der Waals surface area contributed by atoms with Gasteiger partial charge < -0.3 is 9.73 Å². The molecule has 2 N–H and O–H groups in total. The maximum atomic E-state index is 11.9. The number of hydrogen-bond donors (Lipinski definition) is 2. The Morgan fingerprint density at radius 1 is 1.38 bits per heavy atom. The summed E-state index contributed by atoms with van der Waals surface area (Å²) in [5, 5.41) is 10.6. The van der Waals surface area contributed by atoms with E-state index in [1.165, 1.54) is 0 Å². The summed E-state index contributed by atoms with van der Waals surface area (Å²) in [4.78, 5) is 0. The van der Waals surface area contributed by atoms with Crippen molar-refractivity contribution in [2.45, 2.75) is 39.3 Å². The Labute approximate surface area is 142 Å². The molecule has 1 aliphatic rings. The van der Waals surface area contributed by atoms with Crippen LogP contribution in [0.25, 0.3) is 11.5 Å². The zero-order valence-corrected chi connectivity index (χ0v) is 14.9. The molecule has 0 aromatic carbocycles. The van der Waals surface area contributed by atoms with Gasteiger partial charge in [-0.25, -0.2) is 12.7 Å².